The Labute approximate surface area is 118 Å². The van der Waals surface area contributed by atoms with Crippen LogP contribution in [0.2, 0.25) is 0 Å². The number of carbonyl (C=O) groups excluding carboxylic acids is 1. The van der Waals surface area contributed by atoms with Crippen LogP contribution in [0.5, 0.6) is 0 Å². The molecule has 108 valence electrons. The van der Waals surface area contributed by atoms with Crippen molar-refractivity contribution in [2.45, 2.75) is 6.92 Å². The van der Waals surface area contributed by atoms with Crippen LogP contribution in [0.25, 0.3) is 0 Å². The zero-order chi connectivity index (χ0) is 15.6. The third kappa shape index (κ3) is 3.02. The van der Waals surface area contributed by atoms with Crippen molar-refractivity contribution in [2.24, 2.45) is 0 Å². The zero-order valence-electron chi connectivity index (χ0n) is 10.9. The van der Waals surface area contributed by atoms with Crippen LogP contribution in [0.3, 0.4) is 0 Å². The number of benzene rings is 2. The molecular weight excluding hydrogens is 282 g/mol. The number of amides is 1. The number of anilines is 1. The van der Waals surface area contributed by atoms with Crippen LogP contribution in [0.15, 0.2) is 36.4 Å². The first-order chi connectivity index (χ1) is 9.90. The smallest absolute Gasteiger partial charge is 0.282 e. The average molecular weight is 292 g/mol. The molecule has 1 N–H and O–H groups in total. The van der Waals surface area contributed by atoms with Crippen LogP contribution in [0, 0.1) is 28.7 Å². The van der Waals surface area contributed by atoms with Gasteiger partial charge in [-0.05, 0) is 30.7 Å². The van der Waals surface area contributed by atoms with E-state index in [4.69, 9.17) is 0 Å². The van der Waals surface area contributed by atoms with E-state index >= 15 is 0 Å². The topological polar surface area (TPSA) is 72.2 Å². The van der Waals surface area contributed by atoms with Gasteiger partial charge in [-0.25, -0.2) is 8.78 Å². The second-order valence-corrected chi connectivity index (χ2v) is 4.30. The molecule has 5 nitrogen and oxygen atoms in total. The summed E-state index contributed by atoms with van der Waals surface area (Å²) in [6.45, 7) is 1.57. The molecule has 0 atom stereocenters. The number of hydrogen-bond donors (Lipinski definition) is 1. The summed E-state index contributed by atoms with van der Waals surface area (Å²) in [5.74, 6) is -2.42. The van der Waals surface area contributed by atoms with Gasteiger partial charge in [0.15, 0.2) is 0 Å². The van der Waals surface area contributed by atoms with Gasteiger partial charge in [-0.3, -0.25) is 14.9 Å². The molecule has 0 heterocycles. The van der Waals surface area contributed by atoms with Crippen molar-refractivity contribution in [1.29, 1.82) is 0 Å². The second-order valence-electron chi connectivity index (χ2n) is 4.30. The van der Waals surface area contributed by atoms with E-state index in [0.717, 1.165) is 24.3 Å². The Hall–Kier alpha value is -2.83. The van der Waals surface area contributed by atoms with Crippen LogP contribution in [0.4, 0.5) is 20.2 Å². The molecule has 7 heteroatoms. The molecular formula is C14H10F2N2O3. The zero-order valence-corrected chi connectivity index (χ0v) is 10.9. The molecule has 2 rings (SSSR count). The molecule has 0 aliphatic heterocycles. The molecule has 0 radical (unpaired) electrons. The number of nitro groups is 1. The highest BCUT2D eigenvalue weighted by atomic mass is 19.1. The standard InChI is InChI=1S/C14H10F2N2O3/c1-8-3-2-4-11(16)13(8)17-14(19)10-7-9(15)5-6-12(10)18(20)21/h2-7H,1H3,(H,17,19). The summed E-state index contributed by atoms with van der Waals surface area (Å²) in [6, 6.07) is 6.68. The molecule has 0 saturated carbocycles. The number of carbonyl (C=O) groups is 1. The molecule has 0 aromatic heterocycles. The van der Waals surface area contributed by atoms with E-state index in [9.17, 15) is 23.7 Å². The molecule has 0 bridgehead atoms. The Bertz CT molecular complexity index is 712. The summed E-state index contributed by atoms with van der Waals surface area (Å²) in [7, 11) is 0. The fourth-order valence-corrected chi connectivity index (χ4v) is 1.82. The number of rotatable bonds is 3. The number of aryl methyl sites for hydroxylation is 1. The minimum atomic E-state index is -0.950. The third-order valence-electron chi connectivity index (χ3n) is 2.86. The van der Waals surface area contributed by atoms with Crippen molar-refractivity contribution in [1.82, 2.24) is 0 Å². The maximum Gasteiger partial charge on any atom is 0.282 e. The van der Waals surface area contributed by atoms with Crippen molar-refractivity contribution in [3.05, 3.63) is 69.3 Å². The monoisotopic (exact) mass is 292 g/mol. The first-order valence-corrected chi connectivity index (χ1v) is 5.90. The molecule has 0 fully saturated rings. The first kappa shape index (κ1) is 14.6. The van der Waals surface area contributed by atoms with E-state index in [-0.39, 0.29) is 5.69 Å². The van der Waals surface area contributed by atoms with Gasteiger partial charge in [0.25, 0.3) is 11.6 Å². The molecule has 0 unspecified atom stereocenters. The molecule has 0 spiro atoms. The maximum absolute atomic E-state index is 13.6. The van der Waals surface area contributed by atoms with E-state index in [0.29, 0.717) is 5.56 Å². The minimum Gasteiger partial charge on any atom is -0.319 e. The minimum absolute atomic E-state index is 0.0962. The lowest BCUT2D eigenvalue weighted by atomic mass is 10.1. The summed E-state index contributed by atoms with van der Waals surface area (Å²) in [5.41, 5.74) is -0.672. The van der Waals surface area contributed by atoms with Gasteiger partial charge in [-0.15, -0.1) is 0 Å². The molecule has 0 aliphatic rings. The summed E-state index contributed by atoms with van der Waals surface area (Å²) in [6.07, 6.45) is 0. The van der Waals surface area contributed by atoms with Gasteiger partial charge < -0.3 is 5.32 Å². The number of nitrogens with one attached hydrogen (secondary N) is 1. The van der Waals surface area contributed by atoms with Crippen molar-refractivity contribution in [3.8, 4) is 0 Å². The van der Waals surface area contributed by atoms with Crippen LogP contribution >= 0.6 is 0 Å². The van der Waals surface area contributed by atoms with Gasteiger partial charge >= 0.3 is 0 Å². The van der Waals surface area contributed by atoms with Crippen LogP contribution in [-0.2, 0) is 0 Å². The van der Waals surface area contributed by atoms with E-state index < -0.39 is 33.7 Å². The van der Waals surface area contributed by atoms with E-state index in [1.54, 1.807) is 13.0 Å². The summed E-state index contributed by atoms with van der Waals surface area (Å²) >= 11 is 0. The number of nitro benzene ring substituents is 1. The predicted molar refractivity (Wildman–Crippen MR) is 72.1 cm³/mol. The van der Waals surface area contributed by atoms with Crippen LogP contribution in [-0.4, -0.2) is 10.8 Å². The fourth-order valence-electron chi connectivity index (χ4n) is 1.82. The normalized spacial score (nSPS) is 10.2. The van der Waals surface area contributed by atoms with E-state index in [1.165, 1.54) is 6.07 Å². The van der Waals surface area contributed by atoms with Crippen molar-refractivity contribution < 1.29 is 18.5 Å². The highest BCUT2D eigenvalue weighted by Crippen LogP contribution is 2.23. The Balaban J connectivity index is 2.41. The molecule has 0 aliphatic carbocycles. The van der Waals surface area contributed by atoms with Crippen molar-refractivity contribution >= 4 is 17.3 Å². The van der Waals surface area contributed by atoms with Gasteiger partial charge in [0.1, 0.15) is 17.2 Å². The molecule has 0 saturated heterocycles. The number of para-hydroxylation sites is 1. The lowest BCUT2D eigenvalue weighted by Gasteiger charge is -2.09. The second kappa shape index (κ2) is 5.66. The van der Waals surface area contributed by atoms with Crippen molar-refractivity contribution in [2.75, 3.05) is 5.32 Å². The van der Waals surface area contributed by atoms with Gasteiger partial charge in [0.05, 0.1) is 10.6 Å². The number of hydrogen-bond acceptors (Lipinski definition) is 3. The van der Waals surface area contributed by atoms with Crippen LogP contribution in [0.1, 0.15) is 15.9 Å². The van der Waals surface area contributed by atoms with E-state index in [1.807, 2.05) is 0 Å². The largest absolute Gasteiger partial charge is 0.319 e. The highest BCUT2D eigenvalue weighted by Gasteiger charge is 2.22. The average Bonchev–Trinajstić information content (AvgIpc) is 2.42. The Kier molecular flexibility index (Phi) is 3.93. The summed E-state index contributed by atoms with van der Waals surface area (Å²) < 4.78 is 26.8. The van der Waals surface area contributed by atoms with Gasteiger partial charge in [0, 0.05) is 6.07 Å². The Morgan fingerprint density at radius 2 is 1.95 bits per heavy atom. The lowest BCUT2D eigenvalue weighted by molar-refractivity contribution is -0.385. The Morgan fingerprint density at radius 3 is 2.57 bits per heavy atom. The predicted octanol–water partition coefficient (Wildman–Crippen LogP) is 3.43. The van der Waals surface area contributed by atoms with Crippen molar-refractivity contribution in [3.63, 3.8) is 0 Å². The van der Waals surface area contributed by atoms with E-state index in [2.05, 4.69) is 5.32 Å². The molecule has 1 amide bonds. The van der Waals surface area contributed by atoms with Crippen LogP contribution < -0.4 is 5.32 Å². The van der Waals surface area contributed by atoms with Gasteiger partial charge in [0.2, 0.25) is 0 Å². The molecule has 2 aromatic carbocycles. The SMILES string of the molecule is Cc1cccc(F)c1NC(=O)c1cc(F)ccc1[N+](=O)[O-]. The summed E-state index contributed by atoms with van der Waals surface area (Å²) in [5, 5.41) is 13.1. The van der Waals surface area contributed by atoms with Gasteiger partial charge in [-0.1, -0.05) is 12.1 Å². The maximum atomic E-state index is 13.6. The lowest BCUT2D eigenvalue weighted by Crippen LogP contribution is -2.16. The third-order valence-corrected chi connectivity index (χ3v) is 2.86. The molecule has 2 aromatic rings. The number of halogens is 2. The first-order valence-electron chi connectivity index (χ1n) is 5.90. The summed E-state index contributed by atoms with van der Waals surface area (Å²) in [4.78, 5) is 22.1. The quantitative estimate of drug-likeness (QED) is 0.695. The Morgan fingerprint density at radius 1 is 1.24 bits per heavy atom. The van der Waals surface area contributed by atoms with Gasteiger partial charge in [-0.2, -0.15) is 0 Å². The highest BCUT2D eigenvalue weighted by molar-refractivity contribution is 6.07. The number of nitrogens with zero attached hydrogens (tertiary/aromatic N) is 1. The molecule has 21 heavy (non-hydrogen) atoms. The fraction of sp³-hybridized carbons (Fsp3) is 0.0714.